The highest BCUT2D eigenvalue weighted by Gasteiger charge is 2.43. The van der Waals surface area contributed by atoms with Crippen molar-refractivity contribution in [3.8, 4) is 0 Å². The third-order valence-electron chi connectivity index (χ3n) is 1.67. The van der Waals surface area contributed by atoms with Gasteiger partial charge in [0.2, 0.25) is 0 Å². The van der Waals surface area contributed by atoms with Gasteiger partial charge in [0, 0.05) is 13.5 Å². The zero-order valence-electron chi connectivity index (χ0n) is 5.39. The second-order valence-corrected chi connectivity index (χ2v) is 2.39. The predicted octanol–water partition coefficient (Wildman–Crippen LogP) is -0.273. The Bertz CT molecular complexity index is 132. The Balaban J connectivity index is 2.43. The summed E-state index contributed by atoms with van der Waals surface area (Å²) in [6.07, 6.45) is 1.06. The number of carbonyl (C=O) groups is 1. The van der Waals surface area contributed by atoms with Crippen molar-refractivity contribution >= 4 is 5.78 Å². The third-order valence-corrected chi connectivity index (χ3v) is 1.67. The van der Waals surface area contributed by atoms with Gasteiger partial charge >= 0.3 is 0 Å². The number of ether oxygens (including phenoxy) is 1. The molecule has 1 aliphatic carbocycles. The van der Waals surface area contributed by atoms with E-state index in [1.807, 2.05) is 0 Å². The van der Waals surface area contributed by atoms with E-state index < -0.39 is 5.60 Å². The molecule has 52 valence electrons. The first-order chi connectivity index (χ1) is 4.19. The number of Topliss-reactive ketones (excluding diaryl/α,β-unsaturated/α-hetero) is 1. The number of hydrogen-bond acceptors (Lipinski definition) is 3. The maximum Gasteiger partial charge on any atom is 0.166 e. The van der Waals surface area contributed by atoms with Gasteiger partial charge in [0.1, 0.15) is 5.60 Å². The lowest BCUT2D eigenvalue weighted by molar-refractivity contribution is -0.157. The molecule has 1 unspecified atom stereocenters. The standard InChI is InChI=1S/C6H10O3/c1-9-4-6(8)3-2-5(6)7/h8H,2-4H2,1H3. The molecule has 1 rings (SSSR count). The summed E-state index contributed by atoms with van der Waals surface area (Å²) < 4.78 is 4.65. The molecule has 0 aromatic heterocycles. The number of ketones is 1. The largest absolute Gasteiger partial charge is 0.381 e. The molecular formula is C6H10O3. The lowest BCUT2D eigenvalue weighted by Crippen LogP contribution is -2.51. The molecule has 0 heterocycles. The fourth-order valence-corrected chi connectivity index (χ4v) is 0.907. The Morgan fingerprint density at radius 3 is 2.67 bits per heavy atom. The predicted molar refractivity (Wildman–Crippen MR) is 31.1 cm³/mol. The van der Waals surface area contributed by atoms with Crippen molar-refractivity contribution in [2.24, 2.45) is 0 Å². The highest BCUT2D eigenvalue weighted by Crippen LogP contribution is 2.27. The van der Waals surface area contributed by atoms with Crippen LogP contribution in [-0.4, -0.2) is 30.2 Å². The van der Waals surface area contributed by atoms with Crippen LogP contribution in [-0.2, 0) is 9.53 Å². The van der Waals surface area contributed by atoms with Crippen molar-refractivity contribution in [1.82, 2.24) is 0 Å². The number of methoxy groups -OCH3 is 1. The van der Waals surface area contributed by atoms with Gasteiger partial charge in [-0.15, -0.1) is 0 Å². The molecule has 0 spiro atoms. The van der Waals surface area contributed by atoms with E-state index in [-0.39, 0.29) is 12.4 Å². The SMILES string of the molecule is COCC1(O)CCC1=O. The van der Waals surface area contributed by atoms with Crippen LogP contribution in [0.15, 0.2) is 0 Å². The minimum Gasteiger partial charge on any atom is -0.381 e. The van der Waals surface area contributed by atoms with E-state index in [2.05, 4.69) is 4.74 Å². The van der Waals surface area contributed by atoms with E-state index in [4.69, 9.17) is 0 Å². The highest BCUT2D eigenvalue weighted by atomic mass is 16.5. The average molecular weight is 130 g/mol. The van der Waals surface area contributed by atoms with E-state index in [1.165, 1.54) is 7.11 Å². The van der Waals surface area contributed by atoms with Gasteiger partial charge in [-0.3, -0.25) is 4.79 Å². The van der Waals surface area contributed by atoms with E-state index in [1.54, 1.807) is 0 Å². The van der Waals surface area contributed by atoms with Crippen LogP contribution in [0.3, 0.4) is 0 Å². The molecule has 1 aliphatic rings. The van der Waals surface area contributed by atoms with Gasteiger partial charge in [0.15, 0.2) is 5.78 Å². The van der Waals surface area contributed by atoms with Gasteiger partial charge in [0.05, 0.1) is 6.61 Å². The normalized spacial score (nSPS) is 34.2. The number of hydrogen-bond donors (Lipinski definition) is 1. The Morgan fingerprint density at radius 2 is 2.56 bits per heavy atom. The number of carbonyl (C=O) groups excluding carboxylic acids is 1. The smallest absolute Gasteiger partial charge is 0.166 e. The van der Waals surface area contributed by atoms with Crippen LogP contribution < -0.4 is 0 Å². The molecule has 0 saturated heterocycles. The second kappa shape index (κ2) is 2.08. The number of rotatable bonds is 2. The maximum absolute atomic E-state index is 10.6. The Hall–Kier alpha value is -0.410. The van der Waals surface area contributed by atoms with E-state index in [0.717, 1.165) is 0 Å². The lowest BCUT2D eigenvalue weighted by Gasteiger charge is -2.33. The van der Waals surface area contributed by atoms with Crippen molar-refractivity contribution in [3.05, 3.63) is 0 Å². The van der Waals surface area contributed by atoms with E-state index in [0.29, 0.717) is 12.8 Å². The quantitative estimate of drug-likeness (QED) is 0.559. The van der Waals surface area contributed by atoms with Crippen LogP contribution in [0.4, 0.5) is 0 Å². The molecule has 0 aromatic rings. The molecule has 1 saturated carbocycles. The Morgan fingerprint density at radius 1 is 1.89 bits per heavy atom. The van der Waals surface area contributed by atoms with E-state index in [9.17, 15) is 9.90 Å². The first-order valence-corrected chi connectivity index (χ1v) is 2.94. The lowest BCUT2D eigenvalue weighted by atomic mass is 9.79. The third kappa shape index (κ3) is 0.976. The van der Waals surface area contributed by atoms with Crippen LogP contribution in [0.2, 0.25) is 0 Å². The van der Waals surface area contributed by atoms with Crippen LogP contribution in [0.5, 0.6) is 0 Å². The molecule has 0 radical (unpaired) electrons. The summed E-state index contributed by atoms with van der Waals surface area (Å²) in [5, 5.41) is 9.20. The van der Waals surface area contributed by atoms with Crippen molar-refractivity contribution in [2.45, 2.75) is 18.4 Å². The molecule has 0 aromatic carbocycles. The maximum atomic E-state index is 10.6. The Labute approximate surface area is 53.6 Å². The zero-order valence-corrected chi connectivity index (χ0v) is 5.39. The molecule has 3 heteroatoms. The van der Waals surface area contributed by atoms with Crippen LogP contribution >= 0.6 is 0 Å². The highest BCUT2D eigenvalue weighted by molar-refractivity contribution is 5.92. The number of aliphatic hydroxyl groups is 1. The van der Waals surface area contributed by atoms with Crippen molar-refractivity contribution in [3.63, 3.8) is 0 Å². The minimum absolute atomic E-state index is 0.0932. The molecule has 1 fully saturated rings. The fraction of sp³-hybridized carbons (Fsp3) is 0.833. The Kier molecular flexibility index (Phi) is 1.55. The summed E-state index contributed by atoms with van der Waals surface area (Å²) in [4.78, 5) is 10.6. The van der Waals surface area contributed by atoms with Gasteiger partial charge in [-0.1, -0.05) is 0 Å². The van der Waals surface area contributed by atoms with Gasteiger partial charge in [0.25, 0.3) is 0 Å². The van der Waals surface area contributed by atoms with Crippen molar-refractivity contribution in [1.29, 1.82) is 0 Å². The van der Waals surface area contributed by atoms with Crippen molar-refractivity contribution in [2.75, 3.05) is 13.7 Å². The van der Waals surface area contributed by atoms with Gasteiger partial charge in [-0.25, -0.2) is 0 Å². The average Bonchev–Trinajstić information content (AvgIpc) is 1.86. The zero-order chi connectivity index (χ0) is 6.91. The second-order valence-electron chi connectivity index (χ2n) is 2.39. The van der Waals surface area contributed by atoms with Crippen LogP contribution in [0.1, 0.15) is 12.8 Å². The molecule has 1 atom stereocenters. The van der Waals surface area contributed by atoms with Gasteiger partial charge in [-0.2, -0.15) is 0 Å². The summed E-state index contributed by atoms with van der Waals surface area (Å²) in [6.45, 7) is 0.145. The molecule has 0 bridgehead atoms. The van der Waals surface area contributed by atoms with Crippen molar-refractivity contribution < 1.29 is 14.6 Å². The first-order valence-electron chi connectivity index (χ1n) is 2.94. The monoisotopic (exact) mass is 130 g/mol. The van der Waals surface area contributed by atoms with Crippen LogP contribution in [0.25, 0.3) is 0 Å². The van der Waals surface area contributed by atoms with Gasteiger partial charge < -0.3 is 9.84 Å². The topological polar surface area (TPSA) is 46.5 Å². The summed E-state index contributed by atoms with van der Waals surface area (Å²) in [7, 11) is 1.48. The fourth-order valence-electron chi connectivity index (χ4n) is 0.907. The molecule has 9 heavy (non-hydrogen) atoms. The molecule has 3 nitrogen and oxygen atoms in total. The summed E-state index contributed by atoms with van der Waals surface area (Å²) in [5.41, 5.74) is -1.13. The summed E-state index contributed by atoms with van der Waals surface area (Å²) in [5.74, 6) is -0.0932. The first kappa shape index (κ1) is 6.71. The summed E-state index contributed by atoms with van der Waals surface area (Å²) >= 11 is 0. The molecular weight excluding hydrogens is 120 g/mol. The molecule has 0 amide bonds. The summed E-state index contributed by atoms with van der Waals surface area (Å²) in [6, 6.07) is 0. The molecule has 1 N–H and O–H groups in total. The molecule has 0 aliphatic heterocycles. The minimum atomic E-state index is -1.13. The van der Waals surface area contributed by atoms with Gasteiger partial charge in [-0.05, 0) is 6.42 Å². The van der Waals surface area contributed by atoms with Crippen LogP contribution in [0, 0.1) is 0 Å². The van der Waals surface area contributed by atoms with E-state index >= 15 is 0 Å².